The van der Waals surface area contributed by atoms with E-state index in [0.29, 0.717) is 17.6 Å². The molecule has 0 aliphatic heterocycles. The van der Waals surface area contributed by atoms with E-state index in [2.05, 4.69) is 13.8 Å². The predicted molar refractivity (Wildman–Crippen MR) is 41.8 cm³/mol. The molecule has 0 amide bonds. The molecule has 0 aromatic rings. The molecule has 1 rings (SSSR count). The third-order valence-corrected chi connectivity index (χ3v) is 2.30. The average molecular weight is 140 g/mol. The molecule has 1 nitrogen and oxygen atoms in total. The van der Waals surface area contributed by atoms with Crippen LogP contribution in [-0.4, -0.2) is 5.78 Å². The predicted octanol–water partition coefficient (Wildman–Crippen LogP) is 2.40. The zero-order valence-corrected chi connectivity index (χ0v) is 6.89. The van der Waals surface area contributed by atoms with E-state index >= 15 is 0 Å². The van der Waals surface area contributed by atoms with E-state index in [-0.39, 0.29) is 0 Å². The molecule has 58 valence electrons. The molecule has 0 saturated heterocycles. The van der Waals surface area contributed by atoms with Crippen LogP contribution >= 0.6 is 0 Å². The van der Waals surface area contributed by atoms with Gasteiger partial charge in [0.05, 0.1) is 0 Å². The van der Waals surface area contributed by atoms with Gasteiger partial charge in [-0.2, -0.15) is 0 Å². The fourth-order valence-electron chi connectivity index (χ4n) is 1.31. The number of ketones is 1. The number of carbonyl (C=O) groups is 1. The first kappa shape index (κ1) is 7.77. The molecule has 0 aromatic heterocycles. The van der Waals surface area contributed by atoms with Crippen molar-refractivity contribution in [2.75, 3.05) is 0 Å². The zero-order valence-electron chi connectivity index (χ0n) is 6.89. The van der Waals surface area contributed by atoms with Crippen LogP contribution in [0.3, 0.4) is 0 Å². The SMILES string of the molecule is CCCCC(=O)C1CC1C. The van der Waals surface area contributed by atoms with Gasteiger partial charge in [-0.1, -0.05) is 20.3 Å². The fraction of sp³-hybridized carbons (Fsp3) is 0.889. The summed E-state index contributed by atoms with van der Waals surface area (Å²) in [6.07, 6.45) is 4.21. The van der Waals surface area contributed by atoms with E-state index in [1.807, 2.05) is 0 Å². The Hall–Kier alpha value is -0.330. The van der Waals surface area contributed by atoms with Gasteiger partial charge in [-0.25, -0.2) is 0 Å². The molecule has 0 bridgehead atoms. The molecule has 0 spiro atoms. The van der Waals surface area contributed by atoms with Crippen LogP contribution in [0.15, 0.2) is 0 Å². The van der Waals surface area contributed by atoms with Gasteiger partial charge >= 0.3 is 0 Å². The molecule has 10 heavy (non-hydrogen) atoms. The molecule has 1 aliphatic rings. The van der Waals surface area contributed by atoms with Crippen LogP contribution in [0.4, 0.5) is 0 Å². The first-order valence-corrected chi connectivity index (χ1v) is 4.28. The monoisotopic (exact) mass is 140 g/mol. The summed E-state index contributed by atoms with van der Waals surface area (Å²) in [6.45, 7) is 4.29. The van der Waals surface area contributed by atoms with Gasteiger partial charge in [-0.3, -0.25) is 4.79 Å². The number of hydrogen-bond donors (Lipinski definition) is 0. The summed E-state index contributed by atoms with van der Waals surface area (Å²) >= 11 is 0. The van der Waals surface area contributed by atoms with E-state index in [9.17, 15) is 4.79 Å². The van der Waals surface area contributed by atoms with Crippen LogP contribution in [0.2, 0.25) is 0 Å². The second kappa shape index (κ2) is 3.18. The maximum Gasteiger partial charge on any atom is 0.136 e. The Morgan fingerprint density at radius 3 is 2.60 bits per heavy atom. The lowest BCUT2D eigenvalue weighted by Crippen LogP contribution is -2.00. The number of rotatable bonds is 4. The molecule has 1 aliphatic carbocycles. The fourth-order valence-corrected chi connectivity index (χ4v) is 1.31. The molecular weight excluding hydrogens is 124 g/mol. The first-order valence-electron chi connectivity index (χ1n) is 4.28. The largest absolute Gasteiger partial charge is 0.299 e. The Balaban J connectivity index is 2.11. The van der Waals surface area contributed by atoms with Gasteiger partial charge in [0.15, 0.2) is 0 Å². The lowest BCUT2D eigenvalue weighted by Gasteiger charge is -1.94. The summed E-state index contributed by atoms with van der Waals surface area (Å²) in [5, 5.41) is 0. The molecule has 1 saturated carbocycles. The Morgan fingerprint density at radius 1 is 1.60 bits per heavy atom. The Kier molecular flexibility index (Phi) is 2.47. The van der Waals surface area contributed by atoms with Crippen LogP contribution in [0.1, 0.15) is 39.5 Å². The number of carbonyl (C=O) groups excluding carboxylic acids is 1. The Labute approximate surface area is 62.8 Å². The van der Waals surface area contributed by atoms with Crippen molar-refractivity contribution in [3.05, 3.63) is 0 Å². The molecule has 1 heteroatoms. The lowest BCUT2D eigenvalue weighted by molar-refractivity contribution is -0.120. The molecule has 0 radical (unpaired) electrons. The highest BCUT2D eigenvalue weighted by atomic mass is 16.1. The molecule has 2 atom stereocenters. The van der Waals surface area contributed by atoms with Crippen molar-refractivity contribution in [2.45, 2.75) is 39.5 Å². The van der Waals surface area contributed by atoms with Gasteiger partial charge in [0.25, 0.3) is 0 Å². The highest BCUT2D eigenvalue weighted by Gasteiger charge is 2.37. The average Bonchev–Trinajstić information content (AvgIpc) is 2.62. The van der Waals surface area contributed by atoms with E-state index in [1.165, 1.54) is 0 Å². The maximum absolute atomic E-state index is 11.2. The lowest BCUT2D eigenvalue weighted by atomic mass is 10.1. The minimum absolute atomic E-state index is 0.451. The molecule has 1 fully saturated rings. The molecule has 2 unspecified atom stereocenters. The minimum atomic E-state index is 0.451. The quantitative estimate of drug-likeness (QED) is 0.586. The second-order valence-corrected chi connectivity index (χ2v) is 3.39. The molecule has 0 aromatic carbocycles. The van der Waals surface area contributed by atoms with Crippen LogP contribution in [-0.2, 0) is 4.79 Å². The van der Waals surface area contributed by atoms with E-state index in [4.69, 9.17) is 0 Å². The van der Waals surface area contributed by atoms with Crippen LogP contribution in [0, 0.1) is 11.8 Å². The van der Waals surface area contributed by atoms with Crippen molar-refractivity contribution in [1.82, 2.24) is 0 Å². The Morgan fingerprint density at radius 2 is 2.20 bits per heavy atom. The highest BCUT2D eigenvalue weighted by molar-refractivity contribution is 5.83. The van der Waals surface area contributed by atoms with Crippen molar-refractivity contribution < 1.29 is 4.79 Å². The number of unbranched alkanes of at least 4 members (excludes halogenated alkanes) is 1. The first-order chi connectivity index (χ1) is 4.75. The van der Waals surface area contributed by atoms with Crippen LogP contribution < -0.4 is 0 Å². The topological polar surface area (TPSA) is 17.1 Å². The third kappa shape index (κ3) is 1.83. The Bertz CT molecular complexity index is 129. The smallest absolute Gasteiger partial charge is 0.136 e. The van der Waals surface area contributed by atoms with Crippen LogP contribution in [0.25, 0.3) is 0 Å². The van der Waals surface area contributed by atoms with Gasteiger partial charge in [-0.15, -0.1) is 0 Å². The van der Waals surface area contributed by atoms with Crippen molar-refractivity contribution in [3.8, 4) is 0 Å². The summed E-state index contributed by atoms with van der Waals surface area (Å²) in [5.41, 5.74) is 0. The zero-order chi connectivity index (χ0) is 7.56. The standard InChI is InChI=1S/C9H16O/c1-3-4-5-9(10)8-6-7(8)2/h7-8H,3-6H2,1-2H3. The van der Waals surface area contributed by atoms with Gasteiger partial charge in [0.2, 0.25) is 0 Å². The normalized spacial score (nSPS) is 30.2. The van der Waals surface area contributed by atoms with Gasteiger partial charge in [0.1, 0.15) is 5.78 Å². The van der Waals surface area contributed by atoms with Gasteiger partial charge < -0.3 is 0 Å². The van der Waals surface area contributed by atoms with Crippen molar-refractivity contribution >= 4 is 5.78 Å². The third-order valence-electron chi connectivity index (χ3n) is 2.30. The van der Waals surface area contributed by atoms with Crippen molar-refractivity contribution in [1.29, 1.82) is 0 Å². The van der Waals surface area contributed by atoms with Gasteiger partial charge in [-0.05, 0) is 18.8 Å². The highest BCUT2D eigenvalue weighted by Crippen LogP contribution is 2.39. The van der Waals surface area contributed by atoms with Gasteiger partial charge in [0, 0.05) is 12.3 Å². The van der Waals surface area contributed by atoms with E-state index in [0.717, 1.165) is 25.7 Å². The van der Waals surface area contributed by atoms with Crippen molar-refractivity contribution in [2.24, 2.45) is 11.8 Å². The summed E-state index contributed by atoms with van der Waals surface area (Å²) in [7, 11) is 0. The summed E-state index contributed by atoms with van der Waals surface area (Å²) in [6, 6.07) is 0. The maximum atomic E-state index is 11.2. The summed E-state index contributed by atoms with van der Waals surface area (Å²) < 4.78 is 0. The molecule has 0 N–H and O–H groups in total. The van der Waals surface area contributed by atoms with E-state index < -0.39 is 0 Å². The second-order valence-electron chi connectivity index (χ2n) is 3.39. The van der Waals surface area contributed by atoms with Crippen LogP contribution in [0.5, 0.6) is 0 Å². The minimum Gasteiger partial charge on any atom is -0.299 e. The number of Topliss-reactive ketones (excluding diaryl/α,β-unsaturated/α-hetero) is 1. The molecule has 0 heterocycles. The summed E-state index contributed by atoms with van der Waals surface area (Å²) in [5.74, 6) is 1.66. The number of hydrogen-bond acceptors (Lipinski definition) is 1. The molecular formula is C9H16O. The van der Waals surface area contributed by atoms with E-state index in [1.54, 1.807) is 0 Å². The summed E-state index contributed by atoms with van der Waals surface area (Å²) in [4.78, 5) is 11.2. The van der Waals surface area contributed by atoms with Crippen molar-refractivity contribution in [3.63, 3.8) is 0 Å².